The first kappa shape index (κ1) is 20.0. The number of nitrogens with one attached hydrogen (secondary N) is 1. The standard InChI is InChI=1S/C17H24N2O6S/c1-12-9-13(16(20)21)11-19(10-12)17(22)18-7-8-25-14-3-5-15(6-4-14)26(2,23)24/h3-6,12-13H,7-11H2,1-2H3,(H,18,22)(H,20,21). The highest BCUT2D eigenvalue weighted by Gasteiger charge is 2.31. The summed E-state index contributed by atoms with van der Waals surface area (Å²) in [6.45, 7) is 3.15. The fourth-order valence-electron chi connectivity index (χ4n) is 2.92. The smallest absolute Gasteiger partial charge is 0.317 e. The van der Waals surface area contributed by atoms with Gasteiger partial charge in [0.25, 0.3) is 0 Å². The fraction of sp³-hybridized carbons (Fsp3) is 0.529. The predicted octanol–water partition coefficient (Wildman–Crippen LogP) is 1.22. The van der Waals surface area contributed by atoms with Crippen molar-refractivity contribution in [1.82, 2.24) is 10.2 Å². The lowest BCUT2D eigenvalue weighted by Gasteiger charge is -2.34. The summed E-state index contributed by atoms with van der Waals surface area (Å²) in [6.07, 6.45) is 1.71. The van der Waals surface area contributed by atoms with Gasteiger partial charge in [0.05, 0.1) is 17.4 Å². The molecule has 1 aliphatic heterocycles. The molecule has 0 aromatic heterocycles. The molecule has 8 nitrogen and oxygen atoms in total. The number of urea groups is 1. The number of hydrogen-bond acceptors (Lipinski definition) is 5. The maximum absolute atomic E-state index is 12.2. The Morgan fingerprint density at radius 3 is 2.50 bits per heavy atom. The number of amides is 2. The Balaban J connectivity index is 1.77. The molecule has 1 aromatic carbocycles. The number of benzene rings is 1. The van der Waals surface area contributed by atoms with Crippen molar-refractivity contribution in [2.24, 2.45) is 11.8 Å². The second-order valence-corrected chi connectivity index (χ2v) is 8.62. The van der Waals surface area contributed by atoms with Gasteiger partial charge in [-0.3, -0.25) is 4.79 Å². The van der Waals surface area contributed by atoms with Crippen LogP contribution in [0.4, 0.5) is 4.79 Å². The van der Waals surface area contributed by atoms with E-state index in [-0.39, 0.29) is 36.5 Å². The van der Waals surface area contributed by atoms with Crippen LogP contribution in [0, 0.1) is 11.8 Å². The molecule has 0 bridgehead atoms. The number of likely N-dealkylation sites (tertiary alicyclic amines) is 1. The average Bonchev–Trinajstić information content (AvgIpc) is 2.57. The first-order valence-corrected chi connectivity index (χ1v) is 10.2. The van der Waals surface area contributed by atoms with Gasteiger partial charge < -0.3 is 20.1 Å². The van der Waals surface area contributed by atoms with Gasteiger partial charge in [0.2, 0.25) is 0 Å². The number of carboxylic acids is 1. The van der Waals surface area contributed by atoms with Gasteiger partial charge in [-0.05, 0) is 36.6 Å². The molecule has 1 heterocycles. The van der Waals surface area contributed by atoms with E-state index in [1.54, 1.807) is 12.1 Å². The number of carboxylic acid groups (broad SMARTS) is 1. The van der Waals surface area contributed by atoms with Crippen LogP contribution < -0.4 is 10.1 Å². The molecular formula is C17H24N2O6S. The first-order chi connectivity index (χ1) is 12.2. The molecule has 2 atom stereocenters. The highest BCUT2D eigenvalue weighted by molar-refractivity contribution is 7.90. The van der Waals surface area contributed by atoms with Gasteiger partial charge in [0.1, 0.15) is 12.4 Å². The monoisotopic (exact) mass is 384 g/mol. The summed E-state index contributed by atoms with van der Waals surface area (Å²) >= 11 is 0. The number of hydrogen-bond donors (Lipinski definition) is 2. The maximum Gasteiger partial charge on any atom is 0.317 e. The number of carbonyl (C=O) groups is 2. The lowest BCUT2D eigenvalue weighted by Crippen LogP contribution is -2.50. The second kappa shape index (κ2) is 8.39. The van der Waals surface area contributed by atoms with E-state index in [1.165, 1.54) is 17.0 Å². The minimum atomic E-state index is -3.24. The van der Waals surface area contributed by atoms with E-state index in [4.69, 9.17) is 9.84 Å². The Kier molecular flexibility index (Phi) is 6.47. The SMILES string of the molecule is CC1CC(C(=O)O)CN(C(=O)NCCOc2ccc(S(C)(=O)=O)cc2)C1. The van der Waals surface area contributed by atoms with Gasteiger partial charge in [-0.25, -0.2) is 13.2 Å². The van der Waals surface area contributed by atoms with E-state index in [2.05, 4.69) is 5.32 Å². The van der Waals surface area contributed by atoms with Gasteiger partial charge in [-0.15, -0.1) is 0 Å². The van der Waals surface area contributed by atoms with Crippen LogP contribution in [0.5, 0.6) is 5.75 Å². The summed E-state index contributed by atoms with van der Waals surface area (Å²) < 4.78 is 28.2. The summed E-state index contributed by atoms with van der Waals surface area (Å²) in [5, 5.41) is 11.9. The van der Waals surface area contributed by atoms with Gasteiger partial charge in [-0.1, -0.05) is 6.92 Å². The Morgan fingerprint density at radius 1 is 1.27 bits per heavy atom. The van der Waals surface area contributed by atoms with Crippen molar-refractivity contribution < 1.29 is 27.9 Å². The summed E-state index contributed by atoms with van der Waals surface area (Å²) in [5.41, 5.74) is 0. The Hall–Kier alpha value is -2.29. The van der Waals surface area contributed by atoms with Crippen LogP contribution in [0.1, 0.15) is 13.3 Å². The maximum atomic E-state index is 12.2. The molecule has 1 aliphatic rings. The molecule has 2 amide bonds. The number of piperidine rings is 1. The minimum Gasteiger partial charge on any atom is -0.492 e. The van der Waals surface area contributed by atoms with Crippen LogP contribution in [-0.4, -0.2) is 62.9 Å². The molecule has 2 unspecified atom stereocenters. The minimum absolute atomic E-state index is 0.139. The predicted molar refractivity (Wildman–Crippen MR) is 94.9 cm³/mol. The van der Waals surface area contributed by atoms with E-state index >= 15 is 0 Å². The van der Waals surface area contributed by atoms with E-state index < -0.39 is 21.7 Å². The van der Waals surface area contributed by atoms with Crippen molar-refractivity contribution in [2.75, 3.05) is 32.5 Å². The Labute approximate surface area is 153 Å². The molecule has 26 heavy (non-hydrogen) atoms. The number of sulfone groups is 1. The third-order valence-corrected chi connectivity index (χ3v) is 5.32. The van der Waals surface area contributed by atoms with Crippen molar-refractivity contribution in [2.45, 2.75) is 18.2 Å². The quantitative estimate of drug-likeness (QED) is 0.713. The van der Waals surface area contributed by atoms with Gasteiger partial charge >= 0.3 is 12.0 Å². The molecule has 1 fully saturated rings. The van der Waals surface area contributed by atoms with Crippen LogP contribution in [0.3, 0.4) is 0 Å². The average molecular weight is 384 g/mol. The zero-order valence-electron chi connectivity index (χ0n) is 14.8. The Morgan fingerprint density at radius 2 is 1.92 bits per heavy atom. The number of nitrogens with zero attached hydrogens (tertiary/aromatic N) is 1. The van der Waals surface area contributed by atoms with Gasteiger partial charge in [0.15, 0.2) is 9.84 Å². The van der Waals surface area contributed by atoms with Gasteiger partial charge in [-0.2, -0.15) is 0 Å². The lowest BCUT2D eigenvalue weighted by molar-refractivity contribution is -0.143. The van der Waals surface area contributed by atoms with Crippen molar-refractivity contribution in [3.05, 3.63) is 24.3 Å². The molecule has 144 valence electrons. The number of rotatable bonds is 6. The topological polar surface area (TPSA) is 113 Å². The van der Waals surface area contributed by atoms with E-state index in [9.17, 15) is 18.0 Å². The summed E-state index contributed by atoms with van der Waals surface area (Å²) in [6, 6.07) is 5.73. The van der Waals surface area contributed by atoms with E-state index in [0.717, 1.165) is 6.26 Å². The molecule has 1 aromatic rings. The Bertz CT molecular complexity index is 747. The van der Waals surface area contributed by atoms with Crippen molar-refractivity contribution in [3.63, 3.8) is 0 Å². The van der Waals surface area contributed by atoms with E-state index in [0.29, 0.717) is 18.7 Å². The highest BCUT2D eigenvalue weighted by Crippen LogP contribution is 2.21. The molecule has 9 heteroatoms. The molecule has 0 saturated carbocycles. The van der Waals surface area contributed by atoms with Crippen LogP contribution in [0.25, 0.3) is 0 Å². The third kappa shape index (κ3) is 5.62. The summed E-state index contributed by atoms with van der Waals surface area (Å²) in [4.78, 5) is 25.1. The van der Waals surface area contributed by atoms with E-state index in [1.807, 2.05) is 6.92 Å². The molecule has 1 saturated heterocycles. The fourth-order valence-corrected chi connectivity index (χ4v) is 3.55. The molecule has 0 spiro atoms. The highest BCUT2D eigenvalue weighted by atomic mass is 32.2. The van der Waals surface area contributed by atoms with Crippen LogP contribution in [-0.2, 0) is 14.6 Å². The zero-order chi connectivity index (χ0) is 19.3. The number of ether oxygens (including phenoxy) is 1. The summed E-state index contributed by atoms with van der Waals surface area (Å²) in [5.74, 6) is -0.770. The summed E-state index contributed by atoms with van der Waals surface area (Å²) in [7, 11) is -3.24. The lowest BCUT2D eigenvalue weighted by atomic mass is 9.91. The van der Waals surface area contributed by atoms with Crippen LogP contribution in [0.15, 0.2) is 29.2 Å². The molecule has 2 rings (SSSR count). The third-order valence-electron chi connectivity index (χ3n) is 4.20. The number of carbonyl (C=O) groups excluding carboxylic acids is 1. The molecular weight excluding hydrogens is 360 g/mol. The van der Waals surface area contributed by atoms with Gasteiger partial charge in [0, 0.05) is 19.3 Å². The zero-order valence-corrected chi connectivity index (χ0v) is 15.7. The number of aliphatic carboxylic acids is 1. The second-order valence-electron chi connectivity index (χ2n) is 6.60. The normalized spacial score (nSPS) is 20.5. The van der Waals surface area contributed by atoms with Crippen molar-refractivity contribution >= 4 is 21.8 Å². The van der Waals surface area contributed by atoms with Crippen LogP contribution >= 0.6 is 0 Å². The first-order valence-electron chi connectivity index (χ1n) is 8.35. The molecule has 0 radical (unpaired) electrons. The molecule has 2 N–H and O–H groups in total. The molecule has 0 aliphatic carbocycles. The largest absolute Gasteiger partial charge is 0.492 e. The van der Waals surface area contributed by atoms with Crippen molar-refractivity contribution in [1.29, 1.82) is 0 Å². The van der Waals surface area contributed by atoms with Crippen LogP contribution in [0.2, 0.25) is 0 Å². The van der Waals surface area contributed by atoms with Crippen molar-refractivity contribution in [3.8, 4) is 5.75 Å².